The summed E-state index contributed by atoms with van der Waals surface area (Å²) in [6.07, 6.45) is 0.715. The molecular formula is C8H18N2O. The van der Waals surface area contributed by atoms with E-state index in [-0.39, 0.29) is 17.4 Å². The normalized spacial score (nSPS) is 14.3. The molecule has 0 aliphatic heterocycles. The molecule has 0 rings (SSSR count). The SMILES string of the molecule is CNC(=O)C(N)CC(C)(C)C. The number of hydrogen-bond acceptors (Lipinski definition) is 2. The van der Waals surface area contributed by atoms with Gasteiger partial charge in [0.15, 0.2) is 0 Å². The van der Waals surface area contributed by atoms with Crippen LogP contribution in [-0.4, -0.2) is 19.0 Å². The van der Waals surface area contributed by atoms with E-state index in [0.29, 0.717) is 6.42 Å². The van der Waals surface area contributed by atoms with Gasteiger partial charge in [0.25, 0.3) is 0 Å². The molecule has 1 atom stereocenters. The molecule has 3 nitrogen and oxygen atoms in total. The first kappa shape index (κ1) is 10.4. The zero-order chi connectivity index (χ0) is 9.07. The van der Waals surface area contributed by atoms with Gasteiger partial charge < -0.3 is 11.1 Å². The van der Waals surface area contributed by atoms with E-state index in [1.165, 1.54) is 0 Å². The van der Waals surface area contributed by atoms with Gasteiger partial charge in [0.1, 0.15) is 0 Å². The van der Waals surface area contributed by atoms with Gasteiger partial charge in [-0.2, -0.15) is 0 Å². The van der Waals surface area contributed by atoms with Crippen LogP contribution in [0.3, 0.4) is 0 Å². The topological polar surface area (TPSA) is 55.1 Å². The molecule has 0 fully saturated rings. The van der Waals surface area contributed by atoms with Gasteiger partial charge in [-0.15, -0.1) is 0 Å². The lowest BCUT2D eigenvalue weighted by Crippen LogP contribution is -2.41. The van der Waals surface area contributed by atoms with E-state index >= 15 is 0 Å². The molecular weight excluding hydrogens is 140 g/mol. The third-order valence-corrected chi connectivity index (χ3v) is 1.42. The van der Waals surface area contributed by atoms with Crippen LogP contribution in [0.5, 0.6) is 0 Å². The second kappa shape index (κ2) is 3.72. The van der Waals surface area contributed by atoms with E-state index in [0.717, 1.165) is 0 Å². The first-order valence-corrected chi connectivity index (χ1v) is 3.84. The summed E-state index contributed by atoms with van der Waals surface area (Å²) in [5.74, 6) is -0.0834. The van der Waals surface area contributed by atoms with Gasteiger partial charge in [-0.3, -0.25) is 4.79 Å². The smallest absolute Gasteiger partial charge is 0.236 e. The van der Waals surface area contributed by atoms with Gasteiger partial charge in [0.2, 0.25) is 5.91 Å². The molecule has 1 amide bonds. The van der Waals surface area contributed by atoms with Crippen LogP contribution in [-0.2, 0) is 4.79 Å². The second-order valence-electron chi connectivity index (χ2n) is 3.99. The van der Waals surface area contributed by atoms with Crippen LogP contribution in [0.1, 0.15) is 27.2 Å². The number of amides is 1. The Morgan fingerprint density at radius 2 is 2.00 bits per heavy atom. The van der Waals surface area contributed by atoms with E-state index < -0.39 is 0 Å². The lowest BCUT2D eigenvalue weighted by Gasteiger charge is -2.21. The van der Waals surface area contributed by atoms with E-state index in [4.69, 9.17) is 5.73 Å². The highest BCUT2D eigenvalue weighted by Gasteiger charge is 2.19. The van der Waals surface area contributed by atoms with Crippen molar-refractivity contribution in [3.05, 3.63) is 0 Å². The molecule has 0 saturated heterocycles. The summed E-state index contributed by atoms with van der Waals surface area (Å²) in [6.45, 7) is 6.20. The van der Waals surface area contributed by atoms with E-state index in [2.05, 4.69) is 26.1 Å². The van der Waals surface area contributed by atoms with Crippen LogP contribution in [0.15, 0.2) is 0 Å². The fourth-order valence-corrected chi connectivity index (χ4v) is 0.938. The zero-order valence-electron chi connectivity index (χ0n) is 7.77. The van der Waals surface area contributed by atoms with Crippen LogP contribution in [0.25, 0.3) is 0 Å². The molecule has 1 unspecified atom stereocenters. The number of rotatable bonds is 2. The number of likely N-dealkylation sites (N-methyl/N-ethyl adjacent to an activating group) is 1. The van der Waals surface area contributed by atoms with Crippen molar-refractivity contribution in [2.75, 3.05) is 7.05 Å². The Hall–Kier alpha value is -0.570. The lowest BCUT2D eigenvalue weighted by atomic mass is 9.88. The highest BCUT2D eigenvalue weighted by molar-refractivity contribution is 5.81. The van der Waals surface area contributed by atoms with Crippen LogP contribution >= 0.6 is 0 Å². The third kappa shape index (κ3) is 4.79. The summed E-state index contributed by atoms with van der Waals surface area (Å²) < 4.78 is 0. The Morgan fingerprint density at radius 3 is 2.27 bits per heavy atom. The minimum Gasteiger partial charge on any atom is -0.358 e. The number of nitrogens with two attached hydrogens (primary N) is 1. The molecule has 0 aromatic rings. The van der Waals surface area contributed by atoms with Crippen LogP contribution in [0.4, 0.5) is 0 Å². The summed E-state index contributed by atoms with van der Waals surface area (Å²) in [5, 5.41) is 2.52. The molecule has 66 valence electrons. The summed E-state index contributed by atoms with van der Waals surface area (Å²) in [6, 6.07) is -0.375. The monoisotopic (exact) mass is 158 g/mol. The zero-order valence-corrected chi connectivity index (χ0v) is 7.77. The lowest BCUT2D eigenvalue weighted by molar-refractivity contribution is -0.122. The Kier molecular flexibility index (Phi) is 3.52. The number of carbonyl (C=O) groups excluding carboxylic acids is 1. The van der Waals surface area contributed by atoms with Gasteiger partial charge in [-0.25, -0.2) is 0 Å². The molecule has 3 heteroatoms. The summed E-state index contributed by atoms with van der Waals surface area (Å²) >= 11 is 0. The van der Waals surface area contributed by atoms with Gasteiger partial charge in [-0.1, -0.05) is 20.8 Å². The molecule has 0 aromatic carbocycles. The maximum absolute atomic E-state index is 11.0. The van der Waals surface area contributed by atoms with Crippen molar-refractivity contribution in [1.82, 2.24) is 5.32 Å². The van der Waals surface area contributed by atoms with Crippen LogP contribution in [0, 0.1) is 5.41 Å². The van der Waals surface area contributed by atoms with Crippen molar-refractivity contribution < 1.29 is 4.79 Å². The highest BCUT2D eigenvalue weighted by atomic mass is 16.2. The second-order valence-corrected chi connectivity index (χ2v) is 3.99. The number of nitrogens with one attached hydrogen (secondary N) is 1. The largest absolute Gasteiger partial charge is 0.358 e. The predicted octanol–water partition coefficient (Wildman–Crippen LogP) is 0.496. The van der Waals surface area contributed by atoms with Crippen molar-refractivity contribution in [2.45, 2.75) is 33.2 Å². The Morgan fingerprint density at radius 1 is 1.55 bits per heavy atom. The molecule has 0 heterocycles. The van der Waals surface area contributed by atoms with Gasteiger partial charge in [0.05, 0.1) is 6.04 Å². The van der Waals surface area contributed by atoms with Crippen LogP contribution < -0.4 is 11.1 Å². The van der Waals surface area contributed by atoms with Gasteiger partial charge in [-0.05, 0) is 11.8 Å². The van der Waals surface area contributed by atoms with Crippen molar-refractivity contribution in [3.8, 4) is 0 Å². The fraction of sp³-hybridized carbons (Fsp3) is 0.875. The predicted molar refractivity (Wildman–Crippen MR) is 46.1 cm³/mol. The average molecular weight is 158 g/mol. The fourth-order valence-electron chi connectivity index (χ4n) is 0.938. The molecule has 0 bridgehead atoms. The Labute approximate surface area is 68.3 Å². The van der Waals surface area contributed by atoms with Crippen LogP contribution in [0.2, 0.25) is 0 Å². The standard InChI is InChI=1S/C8H18N2O/c1-8(2,3)5-6(9)7(11)10-4/h6H,5,9H2,1-4H3,(H,10,11). The third-order valence-electron chi connectivity index (χ3n) is 1.42. The van der Waals surface area contributed by atoms with Crippen molar-refractivity contribution in [1.29, 1.82) is 0 Å². The number of carbonyl (C=O) groups is 1. The van der Waals surface area contributed by atoms with Crippen molar-refractivity contribution >= 4 is 5.91 Å². The maximum Gasteiger partial charge on any atom is 0.236 e. The molecule has 0 radical (unpaired) electrons. The van der Waals surface area contributed by atoms with E-state index in [1.807, 2.05) is 0 Å². The summed E-state index contributed by atoms with van der Waals surface area (Å²) in [5.41, 5.74) is 5.72. The minimum absolute atomic E-state index is 0.0834. The molecule has 3 N–H and O–H groups in total. The first-order chi connectivity index (χ1) is 4.87. The van der Waals surface area contributed by atoms with Crippen molar-refractivity contribution in [3.63, 3.8) is 0 Å². The summed E-state index contributed by atoms with van der Waals surface area (Å²) in [7, 11) is 1.60. The molecule has 0 spiro atoms. The first-order valence-electron chi connectivity index (χ1n) is 3.84. The molecule has 0 saturated carbocycles. The summed E-state index contributed by atoms with van der Waals surface area (Å²) in [4.78, 5) is 11.0. The van der Waals surface area contributed by atoms with E-state index in [1.54, 1.807) is 7.05 Å². The Balaban J connectivity index is 3.87. The van der Waals surface area contributed by atoms with E-state index in [9.17, 15) is 4.79 Å². The van der Waals surface area contributed by atoms with Crippen molar-refractivity contribution in [2.24, 2.45) is 11.1 Å². The maximum atomic E-state index is 11.0. The van der Waals surface area contributed by atoms with Gasteiger partial charge in [0, 0.05) is 7.05 Å². The molecule has 0 aliphatic rings. The quantitative estimate of drug-likeness (QED) is 0.614. The average Bonchev–Trinajstić information content (AvgIpc) is 1.82. The molecule has 0 aromatic heterocycles. The van der Waals surface area contributed by atoms with Gasteiger partial charge >= 0.3 is 0 Å². The highest BCUT2D eigenvalue weighted by Crippen LogP contribution is 2.19. The molecule has 0 aliphatic carbocycles. The number of hydrogen-bond donors (Lipinski definition) is 2. The Bertz CT molecular complexity index is 138. The minimum atomic E-state index is -0.375. The molecule has 11 heavy (non-hydrogen) atoms.